The summed E-state index contributed by atoms with van der Waals surface area (Å²) in [6.45, 7) is 2.24. The van der Waals surface area contributed by atoms with E-state index in [4.69, 9.17) is 5.11 Å². The Labute approximate surface area is 116 Å². The highest BCUT2D eigenvalue weighted by Crippen LogP contribution is 2.15. The summed E-state index contributed by atoms with van der Waals surface area (Å²) in [6, 6.07) is 7.21. The Balaban J connectivity index is 2.09. The monoisotopic (exact) mass is 274 g/mol. The molecule has 0 aliphatic heterocycles. The third kappa shape index (κ3) is 3.12. The Hall–Kier alpha value is -2.43. The molecule has 0 radical (unpaired) electrons. The van der Waals surface area contributed by atoms with E-state index >= 15 is 0 Å². The van der Waals surface area contributed by atoms with Crippen molar-refractivity contribution >= 4 is 5.91 Å². The van der Waals surface area contributed by atoms with Gasteiger partial charge in [0.15, 0.2) is 0 Å². The standard InChI is InChI=1S/C15H15FN2O2/c1-2-10-4-3-7-17-14(10)9-18-15(20)12-6-5-11(19)8-13(12)16/h3-8,19H,2,9H2,1H3,(H,18,20). The van der Waals surface area contributed by atoms with Crippen LogP contribution in [0.5, 0.6) is 5.75 Å². The van der Waals surface area contributed by atoms with Crippen LogP contribution >= 0.6 is 0 Å². The number of rotatable bonds is 4. The number of carbonyl (C=O) groups excluding carboxylic acids is 1. The van der Waals surface area contributed by atoms with Crippen LogP contribution in [0.25, 0.3) is 0 Å². The van der Waals surface area contributed by atoms with Crippen LogP contribution in [0, 0.1) is 5.82 Å². The summed E-state index contributed by atoms with van der Waals surface area (Å²) in [5, 5.41) is 11.7. The Morgan fingerprint density at radius 2 is 2.20 bits per heavy atom. The van der Waals surface area contributed by atoms with Crippen molar-refractivity contribution in [2.45, 2.75) is 19.9 Å². The van der Waals surface area contributed by atoms with Crippen LogP contribution in [0.2, 0.25) is 0 Å². The van der Waals surface area contributed by atoms with Gasteiger partial charge >= 0.3 is 0 Å². The molecule has 104 valence electrons. The number of nitrogens with zero attached hydrogens (tertiary/aromatic N) is 1. The normalized spacial score (nSPS) is 10.3. The van der Waals surface area contributed by atoms with E-state index in [2.05, 4.69) is 10.3 Å². The molecule has 0 aliphatic rings. The molecule has 1 aromatic carbocycles. The fraction of sp³-hybridized carbons (Fsp3) is 0.200. The lowest BCUT2D eigenvalue weighted by atomic mass is 10.1. The highest BCUT2D eigenvalue weighted by atomic mass is 19.1. The number of aromatic hydroxyl groups is 1. The van der Waals surface area contributed by atoms with Crippen molar-refractivity contribution < 1.29 is 14.3 Å². The molecule has 0 spiro atoms. The number of phenols is 1. The number of hydrogen-bond acceptors (Lipinski definition) is 3. The number of benzene rings is 1. The Morgan fingerprint density at radius 1 is 1.40 bits per heavy atom. The fourth-order valence-electron chi connectivity index (χ4n) is 1.90. The number of nitrogens with one attached hydrogen (secondary N) is 1. The maximum absolute atomic E-state index is 13.5. The first kappa shape index (κ1) is 14.0. The summed E-state index contributed by atoms with van der Waals surface area (Å²) in [5.74, 6) is -1.49. The van der Waals surface area contributed by atoms with E-state index < -0.39 is 11.7 Å². The Morgan fingerprint density at radius 3 is 2.90 bits per heavy atom. The molecule has 2 rings (SSSR count). The number of halogens is 1. The molecular weight excluding hydrogens is 259 g/mol. The van der Waals surface area contributed by atoms with Crippen LogP contribution in [0.4, 0.5) is 4.39 Å². The van der Waals surface area contributed by atoms with Crippen molar-refractivity contribution in [3.05, 3.63) is 59.2 Å². The van der Waals surface area contributed by atoms with E-state index in [-0.39, 0.29) is 17.9 Å². The molecule has 5 heteroatoms. The molecule has 0 bridgehead atoms. The fourth-order valence-corrected chi connectivity index (χ4v) is 1.90. The van der Waals surface area contributed by atoms with Crippen LogP contribution in [-0.2, 0) is 13.0 Å². The van der Waals surface area contributed by atoms with Gasteiger partial charge in [0.25, 0.3) is 5.91 Å². The predicted octanol–water partition coefficient (Wildman–Crippen LogP) is 2.42. The van der Waals surface area contributed by atoms with Gasteiger partial charge in [-0.2, -0.15) is 0 Å². The summed E-state index contributed by atoms with van der Waals surface area (Å²) in [4.78, 5) is 16.1. The highest BCUT2D eigenvalue weighted by molar-refractivity contribution is 5.94. The average Bonchev–Trinajstić information content (AvgIpc) is 2.45. The van der Waals surface area contributed by atoms with Gasteiger partial charge in [0.1, 0.15) is 11.6 Å². The van der Waals surface area contributed by atoms with Gasteiger partial charge in [0, 0.05) is 12.3 Å². The summed E-state index contributed by atoms with van der Waals surface area (Å²) in [6.07, 6.45) is 2.47. The van der Waals surface area contributed by atoms with Crippen LogP contribution in [0.15, 0.2) is 36.5 Å². The van der Waals surface area contributed by atoms with Gasteiger partial charge < -0.3 is 10.4 Å². The van der Waals surface area contributed by atoms with E-state index in [0.29, 0.717) is 0 Å². The molecule has 2 aromatic rings. The maximum atomic E-state index is 13.5. The summed E-state index contributed by atoms with van der Waals surface area (Å²) in [7, 11) is 0. The molecular formula is C15H15FN2O2. The first-order chi connectivity index (χ1) is 9.61. The largest absolute Gasteiger partial charge is 0.508 e. The third-order valence-corrected chi connectivity index (χ3v) is 2.98. The quantitative estimate of drug-likeness (QED) is 0.900. The number of pyridine rings is 1. The lowest BCUT2D eigenvalue weighted by Gasteiger charge is -2.09. The lowest BCUT2D eigenvalue weighted by molar-refractivity contribution is 0.0946. The third-order valence-electron chi connectivity index (χ3n) is 2.98. The molecule has 0 atom stereocenters. The summed E-state index contributed by atoms with van der Waals surface area (Å²) < 4.78 is 13.5. The molecule has 0 fully saturated rings. The van der Waals surface area contributed by atoms with Crippen molar-refractivity contribution in [1.82, 2.24) is 10.3 Å². The van der Waals surface area contributed by atoms with Gasteiger partial charge in [-0.05, 0) is 30.2 Å². The SMILES string of the molecule is CCc1cccnc1CNC(=O)c1ccc(O)cc1F. The molecule has 1 aromatic heterocycles. The molecule has 0 saturated carbocycles. The van der Waals surface area contributed by atoms with Gasteiger partial charge in [0.05, 0.1) is 17.8 Å². The molecule has 1 heterocycles. The van der Waals surface area contributed by atoms with Gasteiger partial charge in [-0.3, -0.25) is 9.78 Å². The summed E-state index contributed by atoms with van der Waals surface area (Å²) >= 11 is 0. The van der Waals surface area contributed by atoms with E-state index in [0.717, 1.165) is 23.7 Å². The van der Waals surface area contributed by atoms with Crippen LogP contribution in [0.3, 0.4) is 0 Å². The van der Waals surface area contributed by atoms with Gasteiger partial charge in [-0.25, -0.2) is 4.39 Å². The smallest absolute Gasteiger partial charge is 0.254 e. The first-order valence-electron chi connectivity index (χ1n) is 6.31. The molecule has 2 N–H and O–H groups in total. The number of carbonyl (C=O) groups is 1. The second-order valence-electron chi connectivity index (χ2n) is 4.31. The maximum Gasteiger partial charge on any atom is 0.254 e. The zero-order valence-electron chi connectivity index (χ0n) is 11.1. The minimum atomic E-state index is -0.751. The Kier molecular flexibility index (Phi) is 4.30. The number of amides is 1. The van der Waals surface area contributed by atoms with E-state index in [1.54, 1.807) is 6.20 Å². The molecule has 4 nitrogen and oxygen atoms in total. The van der Waals surface area contributed by atoms with Crippen molar-refractivity contribution in [3.63, 3.8) is 0 Å². The van der Waals surface area contributed by atoms with Crippen molar-refractivity contribution in [3.8, 4) is 5.75 Å². The zero-order valence-corrected chi connectivity index (χ0v) is 11.1. The van der Waals surface area contributed by atoms with Gasteiger partial charge in [-0.15, -0.1) is 0 Å². The van der Waals surface area contributed by atoms with Crippen LogP contribution in [0.1, 0.15) is 28.5 Å². The second-order valence-corrected chi connectivity index (χ2v) is 4.31. The minimum absolute atomic E-state index is 0.100. The van der Waals surface area contributed by atoms with E-state index in [1.807, 2.05) is 19.1 Å². The minimum Gasteiger partial charge on any atom is -0.508 e. The number of aryl methyl sites for hydroxylation is 1. The summed E-state index contributed by atoms with van der Waals surface area (Å²) in [5.41, 5.74) is 1.71. The number of aromatic nitrogens is 1. The zero-order chi connectivity index (χ0) is 14.5. The van der Waals surface area contributed by atoms with Crippen LogP contribution in [-0.4, -0.2) is 16.0 Å². The lowest BCUT2D eigenvalue weighted by Crippen LogP contribution is -2.24. The predicted molar refractivity (Wildman–Crippen MR) is 72.9 cm³/mol. The Bertz CT molecular complexity index is 629. The van der Waals surface area contributed by atoms with E-state index in [1.165, 1.54) is 12.1 Å². The molecule has 20 heavy (non-hydrogen) atoms. The second kappa shape index (κ2) is 6.14. The molecule has 1 amide bonds. The van der Waals surface area contributed by atoms with E-state index in [9.17, 15) is 9.18 Å². The average molecular weight is 274 g/mol. The topological polar surface area (TPSA) is 62.2 Å². The molecule has 0 unspecified atom stereocenters. The van der Waals surface area contributed by atoms with Crippen molar-refractivity contribution in [2.75, 3.05) is 0 Å². The first-order valence-corrected chi connectivity index (χ1v) is 6.31. The number of phenolic OH excluding ortho intramolecular Hbond substituents is 1. The number of hydrogen-bond donors (Lipinski definition) is 2. The highest BCUT2D eigenvalue weighted by Gasteiger charge is 2.12. The molecule has 0 saturated heterocycles. The molecule has 0 aliphatic carbocycles. The van der Waals surface area contributed by atoms with Gasteiger partial charge in [-0.1, -0.05) is 13.0 Å². The van der Waals surface area contributed by atoms with Gasteiger partial charge in [0.2, 0.25) is 0 Å². The van der Waals surface area contributed by atoms with Crippen LogP contribution < -0.4 is 5.32 Å². The van der Waals surface area contributed by atoms with Crippen molar-refractivity contribution in [2.24, 2.45) is 0 Å². The van der Waals surface area contributed by atoms with Crippen molar-refractivity contribution in [1.29, 1.82) is 0 Å².